The molecule has 0 aliphatic rings. The second kappa shape index (κ2) is 10.7. The first-order chi connectivity index (χ1) is 8.43. The number of halogens is 1. The minimum absolute atomic E-state index is 0.0765. The Bertz CT molecular complexity index is 313. The van der Waals surface area contributed by atoms with Crippen LogP contribution in [0.4, 0.5) is 0 Å². The van der Waals surface area contributed by atoms with E-state index in [0.29, 0.717) is 0 Å². The van der Waals surface area contributed by atoms with Gasteiger partial charge in [0.25, 0.3) is 0 Å². The Morgan fingerprint density at radius 3 is 1.47 bits per heavy atom. The van der Waals surface area contributed by atoms with Crippen LogP contribution in [0.2, 0.25) is 0 Å². The molecule has 0 bridgehead atoms. The molecule has 2 nitrogen and oxygen atoms in total. The van der Waals surface area contributed by atoms with Crippen molar-refractivity contribution in [3.8, 4) is 0 Å². The van der Waals surface area contributed by atoms with E-state index in [1.807, 2.05) is 18.2 Å². The van der Waals surface area contributed by atoms with Crippen molar-refractivity contribution in [3.63, 3.8) is 0 Å². The van der Waals surface area contributed by atoms with Crippen LogP contribution in [-0.2, 0) is 15.7 Å². The number of aliphatic hydroxyl groups is 2. The zero-order chi connectivity index (χ0) is 15.5. The molecule has 0 aromatic heterocycles. The maximum absolute atomic E-state index is 8.52. The van der Waals surface area contributed by atoms with Gasteiger partial charge < -0.3 is 10.2 Å². The van der Waals surface area contributed by atoms with Crippen LogP contribution in [0.1, 0.15) is 47.1 Å². The molecule has 0 saturated carbocycles. The predicted octanol–water partition coefficient (Wildman–Crippen LogP) is 3.63. The van der Waals surface area contributed by atoms with E-state index in [4.69, 9.17) is 19.9 Å². The molecule has 0 atom stereocenters. The van der Waals surface area contributed by atoms with E-state index in [1.54, 1.807) is 41.5 Å². The summed E-state index contributed by atoms with van der Waals surface area (Å²) in [5.74, 6) is 0. The van der Waals surface area contributed by atoms with Gasteiger partial charge in [-0.25, -0.2) is 0 Å². The summed E-state index contributed by atoms with van der Waals surface area (Å²) in [6.45, 7) is 10.5. The van der Waals surface area contributed by atoms with Crippen LogP contribution < -0.4 is 0 Å². The SMILES string of the molecule is CC(C)(C)O.CC(C)(C)O.[Cl][Ru]=[CH]c1ccccc1. The van der Waals surface area contributed by atoms with Gasteiger partial charge in [-0.3, -0.25) is 0 Å². The average Bonchev–Trinajstić information content (AvgIpc) is 2.14. The van der Waals surface area contributed by atoms with E-state index in [-0.39, 0.29) is 15.7 Å². The normalized spacial score (nSPS) is 11.6. The second-order valence-electron chi connectivity index (χ2n) is 5.93. The first-order valence-electron chi connectivity index (χ1n) is 5.98. The average molecular weight is 375 g/mol. The molecule has 0 radical (unpaired) electrons. The van der Waals surface area contributed by atoms with Gasteiger partial charge in [0, 0.05) is 0 Å². The van der Waals surface area contributed by atoms with Crippen molar-refractivity contribution in [2.24, 2.45) is 0 Å². The fourth-order valence-electron chi connectivity index (χ4n) is 0.566. The molecule has 4 heteroatoms. The van der Waals surface area contributed by atoms with Gasteiger partial charge in [0.1, 0.15) is 0 Å². The number of hydrogen-bond acceptors (Lipinski definition) is 2. The molecule has 0 aliphatic heterocycles. The Labute approximate surface area is 129 Å². The summed E-state index contributed by atoms with van der Waals surface area (Å²) >= 11 is -0.0765. The topological polar surface area (TPSA) is 40.5 Å². The molecule has 0 amide bonds. The van der Waals surface area contributed by atoms with Crippen molar-refractivity contribution < 1.29 is 25.9 Å². The zero-order valence-electron chi connectivity index (χ0n) is 12.6. The molecular weight excluding hydrogens is 349 g/mol. The number of benzene rings is 1. The van der Waals surface area contributed by atoms with Crippen LogP contribution in [0.25, 0.3) is 0 Å². The molecule has 0 saturated heterocycles. The Balaban J connectivity index is 0. The van der Waals surface area contributed by atoms with Crippen LogP contribution in [0.5, 0.6) is 0 Å². The standard InChI is InChI=1S/C7H6.2C4H10O.ClH.Ru/c1-7-5-3-2-4-6-7;2*1-4(2,3)5;;/h1-6H;2*5H,1-3H3;1H;/q;;;;+1/p-1. The molecule has 0 heterocycles. The van der Waals surface area contributed by atoms with Crippen molar-refractivity contribution in [3.05, 3.63) is 35.9 Å². The molecule has 0 spiro atoms. The third-order valence-corrected chi connectivity index (χ3v) is 2.18. The van der Waals surface area contributed by atoms with Crippen LogP contribution in [0, 0.1) is 0 Å². The second-order valence-corrected chi connectivity index (χ2v) is 7.73. The first kappa shape index (κ1) is 21.2. The van der Waals surface area contributed by atoms with E-state index >= 15 is 0 Å². The molecule has 0 aliphatic carbocycles. The molecule has 0 fully saturated rings. The fourth-order valence-corrected chi connectivity index (χ4v) is 1.65. The number of rotatable bonds is 1. The maximum atomic E-state index is 8.52. The van der Waals surface area contributed by atoms with Crippen molar-refractivity contribution in [2.75, 3.05) is 0 Å². The van der Waals surface area contributed by atoms with Crippen LogP contribution in [0.3, 0.4) is 0 Å². The minimum atomic E-state index is -0.500. The molecule has 113 valence electrons. The first-order valence-corrected chi connectivity index (χ1v) is 9.23. The molecule has 1 aromatic rings. The van der Waals surface area contributed by atoms with E-state index in [2.05, 4.69) is 16.7 Å². The van der Waals surface area contributed by atoms with Crippen molar-refractivity contribution in [1.82, 2.24) is 0 Å². The summed E-state index contributed by atoms with van der Waals surface area (Å²) in [5.41, 5.74) is 0.228. The third-order valence-electron chi connectivity index (χ3n) is 0.956. The monoisotopic (exact) mass is 375 g/mol. The van der Waals surface area contributed by atoms with Crippen molar-refractivity contribution >= 4 is 14.3 Å². The van der Waals surface area contributed by atoms with Gasteiger partial charge in [0.15, 0.2) is 0 Å². The Kier molecular flexibility index (Phi) is 11.9. The summed E-state index contributed by atoms with van der Waals surface area (Å²) < 4.78 is 2.06. The molecule has 1 aromatic carbocycles. The molecule has 2 N–H and O–H groups in total. The van der Waals surface area contributed by atoms with Gasteiger partial charge in [-0.15, -0.1) is 0 Å². The predicted molar refractivity (Wildman–Crippen MR) is 81.4 cm³/mol. The van der Waals surface area contributed by atoms with Gasteiger partial charge in [-0.05, 0) is 41.5 Å². The van der Waals surface area contributed by atoms with Crippen LogP contribution >= 0.6 is 9.69 Å². The summed E-state index contributed by atoms with van der Waals surface area (Å²) in [4.78, 5) is 0. The van der Waals surface area contributed by atoms with Crippen LogP contribution in [0.15, 0.2) is 30.3 Å². The quantitative estimate of drug-likeness (QED) is 0.737. The summed E-state index contributed by atoms with van der Waals surface area (Å²) in [6, 6.07) is 10.1. The van der Waals surface area contributed by atoms with E-state index in [0.717, 1.165) is 0 Å². The molecular formula is C15H26ClO2Ru. The third kappa shape index (κ3) is 38.1. The van der Waals surface area contributed by atoms with Gasteiger partial charge >= 0.3 is 65.9 Å². The number of hydrogen-bond donors (Lipinski definition) is 2. The Hall–Kier alpha value is -0.0766. The fraction of sp³-hybridized carbons (Fsp3) is 0.533. The van der Waals surface area contributed by atoms with Gasteiger partial charge in [-0.2, -0.15) is 0 Å². The zero-order valence-corrected chi connectivity index (χ0v) is 15.1. The molecule has 19 heavy (non-hydrogen) atoms. The summed E-state index contributed by atoms with van der Waals surface area (Å²) in [5, 5.41) is 17.0. The van der Waals surface area contributed by atoms with Gasteiger partial charge in [-0.1, -0.05) is 0 Å². The van der Waals surface area contributed by atoms with Gasteiger partial charge in [0.05, 0.1) is 11.2 Å². The Morgan fingerprint density at radius 2 is 1.21 bits per heavy atom. The van der Waals surface area contributed by atoms with Crippen LogP contribution in [-0.4, -0.2) is 26.0 Å². The van der Waals surface area contributed by atoms with E-state index in [1.165, 1.54) is 5.56 Å². The molecule has 0 unspecified atom stereocenters. The van der Waals surface area contributed by atoms with Crippen molar-refractivity contribution in [1.29, 1.82) is 0 Å². The van der Waals surface area contributed by atoms with Gasteiger partial charge in [0.2, 0.25) is 0 Å². The van der Waals surface area contributed by atoms with E-state index < -0.39 is 11.2 Å². The van der Waals surface area contributed by atoms with E-state index in [9.17, 15) is 0 Å². The van der Waals surface area contributed by atoms with Crippen molar-refractivity contribution in [2.45, 2.75) is 52.7 Å². The Morgan fingerprint density at radius 1 is 0.895 bits per heavy atom. The summed E-state index contributed by atoms with van der Waals surface area (Å²) in [6.07, 6.45) is 0. The summed E-state index contributed by atoms with van der Waals surface area (Å²) in [7, 11) is 5.57. The molecule has 1 rings (SSSR count).